The first-order valence-corrected chi connectivity index (χ1v) is 6.69. The van der Waals surface area contributed by atoms with Gasteiger partial charge in [0, 0.05) is 26.7 Å². The predicted molar refractivity (Wildman–Crippen MR) is 76.1 cm³/mol. The van der Waals surface area contributed by atoms with Gasteiger partial charge in [-0.1, -0.05) is 19.1 Å². The van der Waals surface area contributed by atoms with Crippen molar-refractivity contribution in [2.75, 3.05) is 26.9 Å². The van der Waals surface area contributed by atoms with E-state index in [9.17, 15) is 9.59 Å². The zero-order valence-corrected chi connectivity index (χ0v) is 12.0. The number of amides is 1. The number of ether oxygens (including phenoxy) is 2. The second-order valence-electron chi connectivity index (χ2n) is 4.26. The van der Waals surface area contributed by atoms with Gasteiger partial charge in [0.15, 0.2) is 12.4 Å². The molecule has 0 heterocycles. The van der Waals surface area contributed by atoms with Crippen molar-refractivity contribution in [2.24, 2.45) is 0 Å². The molecule has 5 heteroatoms. The maximum absolute atomic E-state index is 11.7. The van der Waals surface area contributed by atoms with E-state index < -0.39 is 0 Å². The van der Waals surface area contributed by atoms with Crippen molar-refractivity contribution < 1.29 is 19.1 Å². The van der Waals surface area contributed by atoms with Crippen LogP contribution in [-0.4, -0.2) is 38.6 Å². The largest absolute Gasteiger partial charge is 0.483 e. The Balaban J connectivity index is 2.45. The summed E-state index contributed by atoms with van der Waals surface area (Å²) in [6, 6.07) is 6.96. The molecule has 1 N–H and O–H groups in total. The molecule has 0 spiro atoms. The van der Waals surface area contributed by atoms with E-state index in [0.29, 0.717) is 30.9 Å². The molecule has 0 aliphatic heterocycles. The molecule has 0 aliphatic carbocycles. The van der Waals surface area contributed by atoms with Gasteiger partial charge in [-0.3, -0.25) is 9.59 Å². The molecule has 5 nitrogen and oxygen atoms in total. The molecule has 0 saturated carbocycles. The Morgan fingerprint density at radius 2 is 2.00 bits per heavy atom. The molecule has 0 bridgehead atoms. The highest BCUT2D eigenvalue weighted by Gasteiger charge is 2.11. The van der Waals surface area contributed by atoms with E-state index in [1.54, 1.807) is 38.3 Å². The van der Waals surface area contributed by atoms with Crippen molar-refractivity contribution in [3.05, 3.63) is 29.8 Å². The van der Waals surface area contributed by atoms with Crippen LogP contribution in [-0.2, 0) is 9.53 Å². The Hall–Kier alpha value is -1.88. The Morgan fingerprint density at radius 3 is 2.70 bits per heavy atom. The van der Waals surface area contributed by atoms with Crippen molar-refractivity contribution in [1.29, 1.82) is 0 Å². The summed E-state index contributed by atoms with van der Waals surface area (Å²) in [5.41, 5.74) is 0.516. The number of benzene rings is 1. The second kappa shape index (κ2) is 9.09. The lowest BCUT2D eigenvalue weighted by Crippen LogP contribution is -2.30. The second-order valence-corrected chi connectivity index (χ2v) is 4.26. The predicted octanol–water partition coefficient (Wildman–Crippen LogP) is 1.81. The minimum Gasteiger partial charge on any atom is -0.483 e. The lowest BCUT2D eigenvalue weighted by atomic mass is 10.1. The summed E-state index contributed by atoms with van der Waals surface area (Å²) in [6.45, 7) is 2.85. The average Bonchev–Trinajstić information content (AvgIpc) is 2.49. The highest BCUT2D eigenvalue weighted by atomic mass is 16.5. The third kappa shape index (κ3) is 5.40. The number of methoxy groups -OCH3 is 1. The third-order valence-corrected chi connectivity index (χ3v) is 2.71. The molecule has 110 valence electrons. The first-order valence-electron chi connectivity index (χ1n) is 6.69. The summed E-state index contributed by atoms with van der Waals surface area (Å²) in [7, 11) is 1.62. The minimum absolute atomic E-state index is 0.00102. The summed E-state index contributed by atoms with van der Waals surface area (Å²) in [4.78, 5) is 23.3. The molecule has 0 aromatic heterocycles. The molecule has 1 aromatic rings. The summed E-state index contributed by atoms with van der Waals surface area (Å²) in [5.74, 6) is 0.243. The number of Topliss-reactive ketones (excluding diaryl/α,β-unsaturated/α-hetero) is 1. The van der Waals surface area contributed by atoms with Gasteiger partial charge in [0.05, 0.1) is 5.56 Å². The number of ketones is 1. The lowest BCUT2D eigenvalue weighted by Gasteiger charge is -2.10. The Morgan fingerprint density at radius 1 is 1.25 bits per heavy atom. The summed E-state index contributed by atoms with van der Waals surface area (Å²) < 4.78 is 10.3. The van der Waals surface area contributed by atoms with E-state index in [-0.39, 0.29) is 18.3 Å². The SMILES string of the molecule is CCC(=O)c1ccccc1OCC(=O)NCCCOC. The van der Waals surface area contributed by atoms with Crippen molar-refractivity contribution in [3.63, 3.8) is 0 Å². The van der Waals surface area contributed by atoms with Crippen molar-refractivity contribution >= 4 is 11.7 Å². The Bertz CT molecular complexity index is 445. The third-order valence-electron chi connectivity index (χ3n) is 2.71. The number of nitrogens with one attached hydrogen (secondary N) is 1. The fourth-order valence-corrected chi connectivity index (χ4v) is 1.65. The van der Waals surface area contributed by atoms with Crippen LogP contribution in [0, 0.1) is 0 Å². The quantitative estimate of drug-likeness (QED) is 0.553. The van der Waals surface area contributed by atoms with Crippen LogP contribution in [0.3, 0.4) is 0 Å². The lowest BCUT2D eigenvalue weighted by molar-refractivity contribution is -0.123. The fraction of sp³-hybridized carbons (Fsp3) is 0.467. The van der Waals surface area contributed by atoms with E-state index in [1.807, 2.05) is 0 Å². The van der Waals surface area contributed by atoms with Gasteiger partial charge in [0.25, 0.3) is 5.91 Å². The number of hydrogen-bond acceptors (Lipinski definition) is 4. The van der Waals surface area contributed by atoms with Gasteiger partial charge in [0.2, 0.25) is 0 Å². The average molecular weight is 279 g/mol. The topological polar surface area (TPSA) is 64.6 Å². The number of hydrogen-bond donors (Lipinski definition) is 1. The van der Waals surface area contributed by atoms with E-state index in [1.165, 1.54) is 0 Å². The van der Waals surface area contributed by atoms with E-state index >= 15 is 0 Å². The zero-order chi connectivity index (χ0) is 14.8. The number of rotatable bonds is 9. The fourth-order valence-electron chi connectivity index (χ4n) is 1.65. The maximum atomic E-state index is 11.7. The molecule has 0 fully saturated rings. The number of para-hydroxylation sites is 1. The summed E-state index contributed by atoms with van der Waals surface area (Å²) in [5, 5.41) is 2.72. The Labute approximate surface area is 119 Å². The summed E-state index contributed by atoms with van der Waals surface area (Å²) in [6.07, 6.45) is 1.16. The van der Waals surface area contributed by atoms with E-state index in [2.05, 4.69) is 5.32 Å². The number of carbonyl (C=O) groups is 2. The van der Waals surface area contributed by atoms with E-state index in [0.717, 1.165) is 6.42 Å². The van der Waals surface area contributed by atoms with Crippen LogP contribution in [0.25, 0.3) is 0 Å². The first-order chi connectivity index (χ1) is 9.69. The molecular formula is C15H21NO4. The molecule has 0 unspecified atom stereocenters. The zero-order valence-electron chi connectivity index (χ0n) is 12.0. The highest BCUT2D eigenvalue weighted by molar-refractivity contribution is 5.98. The van der Waals surface area contributed by atoms with E-state index in [4.69, 9.17) is 9.47 Å². The monoisotopic (exact) mass is 279 g/mol. The Kier molecular flexibility index (Phi) is 7.35. The molecule has 0 saturated heterocycles. The van der Waals surface area contributed by atoms with Gasteiger partial charge in [-0.2, -0.15) is 0 Å². The number of carbonyl (C=O) groups excluding carboxylic acids is 2. The van der Waals surface area contributed by atoms with Gasteiger partial charge >= 0.3 is 0 Å². The van der Waals surface area contributed by atoms with Crippen LogP contribution in [0.2, 0.25) is 0 Å². The maximum Gasteiger partial charge on any atom is 0.257 e. The molecule has 20 heavy (non-hydrogen) atoms. The van der Waals surface area contributed by atoms with Crippen LogP contribution in [0.4, 0.5) is 0 Å². The standard InChI is InChI=1S/C15H21NO4/c1-3-13(17)12-7-4-5-8-14(12)20-11-15(18)16-9-6-10-19-2/h4-5,7-8H,3,6,9-11H2,1-2H3,(H,16,18). The highest BCUT2D eigenvalue weighted by Crippen LogP contribution is 2.19. The summed E-state index contributed by atoms with van der Waals surface area (Å²) >= 11 is 0. The van der Waals surface area contributed by atoms with Crippen LogP contribution in [0.5, 0.6) is 5.75 Å². The molecular weight excluding hydrogens is 258 g/mol. The van der Waals surface area contributed by atoms with Crippen LogP contribution < -0.4 is 10.1 Å². The normalized spacial score (nSPS) is 10.1. The molecule has 0 atom stereocenters. The smallest absolute Gasteiger partial charge is 0.257 e. The van der Waals surface area contributed by atoms with Gasteiger partial charge in [-0.25, -0.2) is 0 Å². The minimum atomic E-state index is -0.208. The van der Waals surface area contributed by atoms with Gasteiger partial charge < -0.3 is 14.8 Å². The van der Waals surface area contributed by atoms with Crippen molar-refractivity contribution in [1.82, 2.24) is 5.32 Å². The molecule has 0 radical (unpaired) electrons. The van der Waals surface area contributed by atoms with Gasteiger partial charge in [-0.05, 0) is 18.6 Å². The molecule has 1 amide bonds. The molecule has 1 aromatic carbocycles. The van der Waals surface area contributed by atoms with Gasteiger partial charge in [-0.15, -0.1) is 0 Å². The van der Waals surface area contributed by atoms with Crippen LogP contribution >= 0.6 is 0 Å². The van der Waals surface area contributed by atoms with Crippen LogP contribution in [0.1, 0.15) is 30.1 Å². The van der Waals surface area contributed by atoms with Crippen LogP contribution in [0.15, 0.2) is 24.3 Å². The first kappa shape index (κ1) is 16.2. The molecule has 0 aliphatic rings. The van der Waals surface area contributed by atoms with Gasteiger partial charge in [0.1, 0.15) is 5.75 Å². The van der Waals surface area contributed by atoms with Crippen molar-refractivity contribution in [3.8, 4) is 5.75 Å². The van der Waals surface area contributed by atoms with Crippen molar-refractivity contribution in [2.45, 2.75) is 19.8 Å². The molecule has 1 rings (SSSR count).